The zero-order valence-electron chi connectivity index (χ0n) is 12.1. The molecule has 1 fully saturated rings. The molecular formula is C16H26O2. The summed E-state index contributed by atoms with van der Waals surface area (Å²) < 4.78 is 12.2. The van der Waals surface area contributed by atoms with Gasteiger partial charge in [-0.2, -0.15) is 0 Å². The molecule has 0 aromatic carbocycles. The fourth-order valence-electron chi connectivity index (χ4n) is 4.09. The third kappa shape index (κ3) is 1.85. The summed E-state index contributed by atoms with van der Waals surface area (Å²) in [6, 6.07) is 0. The SMILES string of the molecule is CC1CCC2C3=C(O1)O[C@@H](C)[C@H](C)C3CC[C@H]2C. The fourth-order valence-corrected chi connectivity index (χ4v) is 4.09. The molecule has 2 aliphatic heterocycles. The lowest BCUT2D eigenvalue weighted by molar-refractivity contribution is -0.0746. The summed E-state index contributed by atoms with van der Waals surface area (Å²) in [5.74, 6) is 3.75. The summed E-state index contributed by atoms with van der Waals surface area (Å²) in [4.78, 5) is 0. The Labute approximate surface area is 111 Å². The van der Waals surface area contributed by atoms with E-state index in [2.05, 4.69) is 27.7 Å². The van der Waals surface area contributed by atoms with Crippen molar-refractivity contribution < 1.29 is 9.47 Å². The average molecular weight is 250 g/mol. The van der Waals surface area contributed by atoms with Crippen LogP contribution in [-0.4, -0.2) is 12.2 Å². The Hall–Kier alpha value is -0.660. The van der Waals surface area contributed by atoms with Crippen molar-refractivity contribution in [2.45, 2.75) is 65.6 Å². The Balaban J connectivity index is 2.01. The van der Waals surface area contributed by atoms with E-state index < -0.39 is 0 Å². The van der Waals surface area contributed by atoms with Crippen LogP contribution in [0, 0.1) is 23.7 Å². The monoisotopic (exact) mass is 250 g/mol. The number of hydrogen-bond acceptors (Lipinski definition) is 2. The Bertz CT molecular complexity index is 356. The van der Waals surface area contributed by atoms with Crippen molar-refractivity contribution in [3.8, 4) is 0 Å². The summed E-state index contributed by atoms with van der Waals surface area (Å²) in [6.07, 6.45) is 5.75. The van der Waals surface area contributed by atoms with Gasteiger partial charge in [0.2, 0.25) is 0 Å². The molecule has 18 heavy (non-hydrogen) atoms. The second-order valence-electron chi connectivity index (χ2n) is 6.70. The second-order valence-corrected chi connectivity index (χ2v) is 6.70. The van der Waals surface area contributed by atoms with Crippen LogP contribution in [0.4, 0.5) is 0 Å². The lowest BCUT2D eigenvalue weighted by Crippen LogP contribution is -2.39. The van der Waals surface area contributed by atoms with E-state index in [0.717, 1.165) is 11.9 Å². The van der Waals surface area contributed by atoms with E-state index in [9.17, 15) is 0 Å². The normalized spacial score (nSPS) is 47.8. The van der Waals surface area contributed by atoms with Gasteiger partial charge in [0.15, 0.2) is 0 Å². The van der Waals surface area contributed by atoms with E-state index in [0.29, 0.717) is 30.0 Å². The van der Waals surface area contributed by atoms with Crippen molar-refractivity contribution in [2.24, 2.45) is 23.7 Å². The van der Waals surface area contributed by atoms with Gasteiger partial charge in [0.25, 0.3) is 5.95 Å². The van der Waals surface area contributed by atoms with Crippen LogP contribution in [-0.2, 0) is 9.47 Å². The van der Waals surface area contributed by atoms with Gasteiger partial charge in [-0.05, 0) is 63.2 Å². The van der Waals surface area contributed by atoms with Crippen molar-refractivity contribution >= 4 is 0 Å². The third-order valence-electron chi connectivity index (χ3n) is 5.52. The van der Waals surface area contributed by atoms with Crippen LogP contribution >= 0.6 is 0 Å². The molecular weight excluding hydrogens is 224 g/mol. The van der Waals surface area contributed by atoms with Crippen LogP contribution in [0.2, 0.25) is 0 Å². The highest BCUT2D eigenvalue weighted by molar-refractivity contribution is 5.21. The summed E-state index contributed by atoms with van der Waals surface area (Å²) in [7, 11) is 0. The largest absolute Gasteiger partial charge is 0.462 e. The third-order valence-corrected chi connectivity index (χ3v) is 5.52. The zero-order valence-corrected chi connectivity index (χ0v) is 12.1. The van der Waals surface area contributed by atoms with Gasteiger partial charge >= 0.3 is 0 Å². The smallest absolute Gasteiger partial charge is 0.279 e. The molecule has 0 saturated heterocycles. The molecule has 102 valence electrons. The molecule has 0 aromatic heterocycles. The molecule has 0 N–H and O–H groups in total. The molecule has 0 aromatic rings. The molecule has 2 heterocycles. The first kappa shape index (κ1) is 12.4. The van der Waals surface area contributed by atoms with Crippen LogP contribution in [0.25, 0.3) is 0 Å². The highest BCUT2D eigenvalue weighted by Crippen LogP contribution is 2.50. The van der Waals surface area contributed by atoms with Gasteiger partial charge in [-0.1, -0.05) is 13.8 Å². The minimum Gasteiger partial charge on any atom is -0.462 e. The van der Waals surface area contributed by atoms with Crippen molar-refractivity contribution in [1.82, 2.24) is 0 Å². The highest BCUT2D eigenvalue weighted by atomic mass is 16.7. The minimum absolute atomic E-state index is 0.299. The first-order valence-corrected chi connectivity index (χ1v) is 7.65. The first-order chi connectivity index (χ1) is 8.58. The summed E-state index contributed by atoms with van der Waals surface area (Å²) in [6.45, 7) is 9.13. The number of rotatable bonds is 0. The van der Waals surface area contributed by atoms with E-state index in [1.54, 1.807) is 0 Å². The standard InChI is InChI=1S/C16H26O2/c1-9-5-7-14-11(3)12(4)18-16-15(14)13(9)8-6-10(2)17-16/h9-14H,5-8H2,1-4H3/t9-,10?,11+,12+,13?,14?/m1/s1. The highest BCUT2D eigenvalue weighted by Gasteiger charge is 2.45. The lowest BCUT2D eigenvalue weighted by Gasteiger charge is -2.44. The quantitative estimate of drug-likeness (QED) is 0.644. The molecule has 3 rings (SSSR count). The van der Waals surface area contributed by atoms with Gasteiger partial charge in [-0.25, -0.2) is 0 Å². The van der Waals surface area contributed by atoms with E-state index in [4.69, 9.17) is 9.47 Å². The summed E-state index contributed by atoms with van der Waals surface area (Å²) in [5, 5.41) is 0. The van der Waals surface area contributed by atoms with E-state index in [1.807, 2.05) is 0 Å². The maximum absolute atomic E-state index is 6.10. The van der Waals surface area contributed by atoms with Crippen LogP contribution in [0.1, 0.15) is 53.4 Å². The molecule has 6 atom stereocenters. The summed E-state index contributed by atoms with van der Waals surface area (Å²) in [5.41, 5.74) is 1.53. The number of ether oxygens (including phenoxy) is 2. The molecule has 2 heteroatoms. The Morgan fingerprint density at radius 2 is 1.56 bits per heavy atom. The van der Waals surface area contributed by atoms with Gasteiger partial charge in [-0.15, -0.1) is 0 Å². The van der Waals surface area contributed by atoms with Gasteiger partial charge in [0.05, 0.1) is 6.10 Å². The fraction of sp³-hybridized carbons (Fsp3) is 0.875. The lowest BCUT2D eigenvalue weighted by atomic mass is 9.64. The molecule has 0 amide bonds. The van der Waals surface area contributed by atoms with E-state index in [-0.39, 0.29) is 0 Å². The van der Waals surface area contributed by atoms with Gasteiger partial charge in [-0.3, -0.25) is 0 Å². The van der Waals surface area contributed by atoms with Crippen LogP contribution in [0.3, 0.4) is 0 Å². The Morgan fingerprint density at radius 1 is 0.833 bits per heavy atom. The van der Waals surface area contributed by atoms with Crippen LogP contribution < -0.4 is 0 Å². The van der Waals surface area contributed by atoms with Crippen molar-refractivity contribution in [2.75, 3.05) is 0 Å². The van der Waals surface area contributed by atoms with Gasteiger partial charge in [0.1, 0.15) is 6.10 Å². The summed E-state index contributed by atoms with van der Waals surface area (Å²) >= 11 is 0. The van der Waals surface area contributed by atoms with E-state index >= 15 is 0 Å². The molecule has 1 aliphatic carbocycles. The topological polar surface area (TPSA) is 18.5 Å². The molecule has 1 saturated carbocycles. The Kier molecular flexibility index (Phi) is 3.07. The Morgan fingerprint density at radius 3 is 2.33 bits per heavy atom. The second kappa shape index (κ2) is 4.47. The van der Waals surface area contributed by atoms with Crippen molar-refractivity contribution in [3.63, 3.8) is 0 Å². The van der Waals surface area contributed by atoms with Crippen molar-refractivity contribution in [1.29, 1.82) is 0 Å². The predicted molar refractivity (Wildman–Crippen MR) is 71.9 cm³/mol. The van der Waals surface area contributed by atoms with E-state index in [1.165, 1.54) is 31.3 Å². The maximum atomic E-state index is 6.10. The maximum Gasteiger partial charge on any atom is 0.279 e. The first-order valence-electron chi connectivity index (χ1n) is 7.65. The number of hydrogen-bond donors (Lipinski definition) is 0. The minimum atomic E-state index is 0.299. The molecule has 3 aliphatic rings. The van der Waals surface area contributed by atoms with Crippen molar-refractivity contribution in [3.05, 3.63) is 11.5 Å². The molecule has 0 bridgehead atoms. The predicted octanol–water partition coefficient (Wildman–Crippen LogP) is 4.11. The number of allylic oxidation sites excluding steroid dienone is 1. The average Bonchev–Trinajstić information content (AvgIpc) is 2.49. The van der Waals surface area contributed by atoms with Gasteiger partial charge in [0, 0.05) is 5.57 Å². The molecule has 2 nitrogen and oxygen atoms in total. The molecule has 3 unspecified atom stereocenters. The van der Waals surface area contributed by atoms with Gasteiger partial charge < -0.3 is 9.47 Å². The zero-order chi connectivity index (χ0) is 12.9. The van der Waals surface area contributed by atoms with Crippen LogP contribution in [0.5, 0.6) is 0 Å². The van der Waals surface area contributed by atoms with Crippen LogP contribution in [0.15, 0.2) is 11.5 Å². The molecule has 0 spiro atoms. The molecule has 0 radical (unpaired) electrons.